The molecule has 1 aromatic carbocycles. The lowest BCUT2D eigenvalue weighted by Crippen LogP contribution is -2.36. The predicted molar refractivity (Wildman–Crippen MR) is 80.9 cm³/mol. The van der Waals surface area contributed by atoms with Gasteiger partial charge in [0.05, 0.1) is 3.57 Å². The van der Waals surface area contributed by atoms with Crippen LogP contribution in [0.1, 0.15) is 24.2 Å². The van der Waals surface area contributed by atoms with E-state index in [0.717, 1.165) is 10.1 Å². The van der Waals surface area contributed by atoms with Crippen LogP contribution in [0, 0.1) is 3.57 Å². The molecule has 0 aliphatic rings. The van der Waals surface area contributed by atoms with Crippen LogP contribution < -0.4 is 5.32 Å². The van der Waals surface area contributed by atoms with E-state index in [0.29, 0.717) is 18.2 Å². The van der Waals surface area contributed by atoms with Crippen LogP contribution in [0.2, 0.25) is 0 Å². The third kappa shape index (κ3) is 4.45. The van der Waals surface area contributed by atoms with E-state index in [-0.39, 0.29) is 11.7 Å². The number of nitrogens with zero attached hydrogens (tertiary/aromatic N) is 1. The molecular formula is C13H19IN2O2. The molecular weight excluding hydrogens is 343 g/mol. The summed E-state index contributed by atoms with van der Waals surface area (Å²) in [6.45, 7) is 5.62. The van der Waals surface area contributed by atoms with Crippen molar-refractivity contribution in [3.05, 3.63) is 27.3 Å². The monoisotopic (exact) mass is 362 g/mol. The Morgan fingerprint density at radius 1 is 1.50 bits per heavy atom. The average Bonchev–Trinajstić information content (AvgIpc) is 2.32. The van der Waals surface area contributed by atoms with Gasteiger partial charge in [0.15, 0.2) is 0 Å². The highest BCUT2D eigenvalue weighted by Crippen LogP contribution is 2.20. The third-order valence-corrected chi connectivity index (χ3v) is 3.75. The summed E-state index contributed by atoms with van der Waals surface area (Å²) in [5.41, 5.74) is 0.486. The fraction of sp³-hybridized carbons (Fsp3) is 0.462. The second-order valence-electron chi connectivity index (χ2n) is 4.50. The number of amides is 1. The Bertz CT molecular complexity index is 421. The van der Waals surface area contributed by atoms with Gasteiger partial charge >= 0.3 is 0 Å². The van der Waals surface area contributed by atoms with E-state index in [1.165, 1.54) is 6.07 Å². The van der Waals surface area contributed by atoms with Gasteiger partial charge in [-0.05, 0) is 61.7 Å². The molecule has 0 saturated carbocycles. The van der Waals surface area contributed by atoms with Gasteiger partial charge in [-0.2, -0.15) is 0 Å². The molecule has 0 saturated heterocycles. The molecule has 18 heavy (non-hydrogen) atoms. The van der Waals surface area contributed by atoms with Gasteiger partial charge in [-0.15, -0.1) is 0 Å². The van der Waals surface area contributed by atoms with Crippen molar-refractivity contribution in [2.24, 2.45) is 0 Å². The highest BCUT2D eigenvalue weighted by Gasteiger charge is 2.08. The van der Waals surface area contributed by atoms with E-state index < -0.39 is 0 Å². The lowest BCUT2D eigenvalue weighted by Gasteiger charge is -2.20. The van der Waals surface area contributed by atoms with E-state index in [9.17, 15) is 9.90 Å². The molecule has 0 atom stereocenters. The number of aromatic hydroxyl groups is 1. The maximum Gasteiger partial charge on any atom is 0.251 e. The zero-order valence-corrected chi connectivity index (χ0v) is 13.1. The fourth-order valence-corrected chi connectivity index (χ4v) is 1.70. The van der Waals surface area contributed by atoms with Crippen LogP contribution in [-0.4, -0.2) is 42.1 Å². The number of carbonyl (C=O) groups is 1. The molecule has 100 valence electrons. The Balaban J connectivity index is 2.48. The molecule has 0 aromatic heterocycles. The quantitative estimate of drug-likeness (QED) is 0.789. The van der Waals surface area contributed by atoms with Crippen molar-refractivity contribution in [2.45, 2.75) is 19.9 Å². The molecule has 0 heterocycles. The Kier molecular flexibility index (Phi) is 5.87. The Hall–Kier alpha value is -0.820. The number of hydrogen-bond acceptors (Lipinski definition) is 3. The first-order valence-electron chi connectivity index (χ1n) is 5.88. The van der Waals surface area contributed by atoms with Crippen molar-refractivity contribution in [2.75, 3.05) is 20.1 Å². The Morgan fingerprint density at radius 2 is 2.17 bits per heavy atom. The van der Waals surface area contributed by atoms with Crippen molar-refractivity contribution in [1.82, 2.24) is 10.2 Å². The van der Waals surface area contributed by atoms with Crippen molar-refractivity contribution in [1.29, 1.82) is 0 Å². The zero-order valence-electron chi connectivity index (χ0n) is 10.9. The minimum atomic E-state index is -0.154. The van der Waals surface area contributed by atoms with Gasteiger partial charge in [-0.25, -0.2) is 0 Å². The topological polar surface area (TPSA) is 52.6 Å². The Morgan fingerprint density at radius 3 is 2.72 bits per heavy atom. The number of halogens is 1. The Labute approximate surface area is 122 Å². The number of phenolic OH excluding ortho intramolecular Hbond substituents is 1. The van der Waals surface area contributed by atoms with Gasteiger partial charge in [-0.3, -0.25) is 4.79 Å². The fourth-order valence-electron chi connectivity index (χ4n) is 1.36. The van der Waals surface area contributed by atoms with Crippen molar-refractivity contribution >= 4 is 28.5 Å². The molecule has 0 aliphatic heterocycles. The van der Waals surface area contributed by atoms with E-state index in [1.54, 1.807) is 12.1 Å². The highest BCUT2D eigenvalue weighted by atomic mass is 127. The van der Waals surface area contributed by atoms with Crippen molar-refractivity contribution in [3.63, 3.8) is 0 Å². The first-order chi connectivity index (χ1) is 8.41. The van der Waals surface area contributed by atoms with Crippen LogP contribution in [0.3, 0.4) is 0 Å². The van der Waals surface area contributed by atoms with E-state index in [2.05, 4.69) is 24.1 Å². The number of benzene rings is 1. The summed E-state index contributed by atoms with van der Waals surface area (Å²) in [6.07, 6.45) is 0. The van der Waals surface area contributed by atoms with Crippen LogP contribution in [0.5, 0.6) is 5.75 Å². The second-order valence-corrected chi connectivity index (χ2v) is 5.66. The van der Waals surface area contributed by atoms with Crippen molar-refractivity contribution in [3.8, 4) is 5.75 Å². The molecule has 0 unspecified atom stereocenters. The first-order valence-corrected chi connectivity index (χ1v) is 6.96. The SMILES string of the molecule is CC(C)N(C)CCNC(=O)c1ccc(I)c(O)c1. The lowest BCUT2D eigenvalue weighted by molar-refractivity contribution is 0.0947. The van der Waals surface area contributed by atoms with Gasteiger partial charge in [0.25, 0.3) is 5.91 Å². The summed E-state index contributed by atoms with van der Waals surface area (Å²) in [5, 5.41) is 12.4. The van der Waals surface area contributed by atoms with Gasteiger partial charge in [0.1, 0.15) is 5.75 Å². The van der Waals surface area contributed by atoms with Crippen LogP contribution in [0.25, 0.3) is 0 Å². The number of carbonyl (C=O) groups excluding carboxylic acids is 1. The lowest BCUT2D eigenvalue weighted by atomic mass is 10.2. The number of rotatable bonds is 5. The number of likely N-dealkylation sites (N-methyl/N-ethyl adjacent to an activating group) is 1. The molecule has 1 amide bonds. The van der Waals surface area contributed by atoms with Crippen LogP contribution >= 0.6 is 22.6 Å². The van der Waals surface area contributed by atoms with Crippen LogP contribution in [0.4, 0.5) is 0 Å². The molecule has 2 N–H and O–H groups in total. The third-order valence-electron chi connectivity index (χ3n) is 2.84. The van der Waals surface area contributed by atoms with Gasteiger partial charge < -0.3 is 15.3 Å². The molecule has 1 aromatic rings. The molecule has 0 fully saturated rings. The van der Waals surface area contributed by atoms with Gasteiger partial charge in [0, 0.05) is 24.7 Å². The zero-order chi connectivity index (χ0) is 13.7. The maximum absolute atomic E-state index is 11.8. The molecule has 1 rings (SSSR count). The second kappa shape index (κ2) is 6.94. The summed E-state index contributed by atoms with van der Waals surface area (Å²) >= 11 is 2.02. The highest BCUT2D eigenvalue weighted by molar-refractivity contribution is 14.1. The number of hydrogen-bond donors (Lipinski definition) is 2. The van der Waals surface area contributed by atoms with Crippen LogP contribution in [0.15, 0.2) is 18.2 Å². The van der Waals surface area contributed by atoms with E-state index in [4.69, 9.17) is 0 Å². The van der Waals surface area contributed by atoms with Crippen molar-refractivity contribution < 1.29 is 9.90 Å². The molecule has 0 aliphatic carbocycles. The summed E-state index contributed by atoms with van der Waals surface area (Å²) in [5.74, 6) is -0.0126. The van der Waals surface area contributed by atoms with Crippen LogP contribution in [-0.2, 0) is 0 Å². The molecule has 0 radical (unpaired) electrons. The molecule has 4 nitrogen and oxygen atoms in total. The summed E-state index contributed by atoms with van der Waals surface area (Å²) in [7, 11) is 2.02. The van der Waals surface area contributed by atoms with E-state index in [1.807, 2.05) is 29.6 Å². The molecule has 0 bridgehead atoms. The molecule has 5 heteroatoms. The summed E-state index contributed by atoms with van der Waals surface area (Å²) in [6, 6.07) is 5.39. The minimum absolute atomic E-state index is 0.141. The van der Waals surface area contributed by atoms with E-state index >= 15 is 0 Å². The normalized spacial score (nSPS) is 11.0. The average molecular weight is 362 g/mol. The smallest absolute Gasteiger partial charge is 0.251 e. The maximum atomic E-state index is 11.8. The number of phenols is 1. The van der Waals surface area contributed by atoms with Gasteiger partial charge in [-0.1, -0.05) is 0 Å². The standard InChI is InChI=1S/C13H19IN2O2/c1-9(2)16(3)7-6-15-13(18)10-4-5-11(14)12(17)8-10/h4-5,8-9,17H,6-7H2,1-3H3,(H,15,18). The predicted octanol–water partition coefficient (Wildman–Crippen LogP) is 2.07. The molecule has 0 spiro atoms. The van der Waals surface area contributed by atoms with Gasteiger partial charge in [0.2, 0.25) is 0 Å². The summed E-state index contributed by atoms with van der Waals surface area (Å²) in [4.78, 5) is 14.0. The summed E-state index contributed by atoms with van der Waals surface area (Å²) < 4.78 is 0.740. The first kappa shape index (κ1) is 15.2. The minimum Gasteiger partial charge on any atom is -0.507 e. The largest absolute Gasteiger partial charge is 0.507 e. The number of nitrogens with one attached hydrogen (secondary N) is 1.